The molecule has 0 atom stereocenters. The molecule has 0 saturated carbocycles. The molecule has 0 unspecified atom stereocenters. The van der Waals surface area contributed by atoms with Gasteiger partial charge in [0.1, 0.15) is 16.7 Å². The summed E-state index contributed by atoms with van der Waals surface area (Å²) in [5.74, 6) is 0. The highest BCUT2D eigenvalue weighted by Gasteiger charge is 2.24. The fraction of sp³-hybridized carbons (Fsp3) is 0. The summed E-state index contributed by atoms with van der Waals surface area (Å²) >= 11 is 0. The lowest BCUT2D eigenvalue weighted by molar-refractivity contribution is 0.667. The number of fused-ring (bicyclic) bond motifs is 11. The summed E-state index contributed by atoms with van der Waals surface area (Å²) in [5.41, 5.74) is 9.92. The Labute approximate surface area is 286 Å². The first-order chi connectivity index (χ1) is 24.8. The van der Waals surface area contributed by atoms with E-state index in [0.29, 0.717) is 0 Å². The molecule has 0 radical (unpaired) electrons. The highest BCUT2D eigenvalue weighted by Crippen LogP contribution is 2.48. The van der Waals surface area contributed by atoms with Crippen LogP contribution >= 0.6 is 0 Å². The fourth-order valence-corrected chi connectivity index (χ4v) is 8.03. The number of hydrogen-bond acceptors (Lipinski definition) is 3. The number of nitrogens with zero attached hydrogens (tertiary/aromatic N) is 2. The molecule has 3 aromatic heterocycles. The third kappa shape index (κ3) is 3.81. The van der Waals surface area contributed by atoms with Crippen LogP contribution in [0.5, 0.6) is 0 Å². The average Bonchev–Trinajstić information content (AvgIpc) is 3.85. The quantitative estimate of drug-likeness (QED) is 0.192. The minimum Gasteiger partial charge on any atom is -0.456 e. The van der Waals surface area contributed by atoms with E-state index in [0.717, 1.165) is 82.9 Å². The third-order valence-electron chi connectivity index (χ3n) is 10.2. The first kappa shape index (κ1) is 27.2. The van der Waals surface area contributed by atoms with E-state index in [2.05, 4.69) is 155 Å². The molecule has 50 heavy (non-hydrogen) atoms. The van der Waals surface area contributed by atoms with Crippen molar-refractivity contribution in [2.75, 3.05) is 4.90 Å². The summed E-state index contributed by atoms with van der Waals surface area (Å²) < 4.78 is 15.6. The van der Waals surface area contributed by atoms with Crippen LogP contribution in [-0.2, 0) is 0 Å². The van der Waals surface area contributed by atoms with E-state index in [-0.39, 0.29) is 0 Å². The number of hydrogen-bond donors (Lipinski definition) is 0. The Hall–Kier alpha value is -6.78. The molecule has 0 amide bonds. The molecule has 4 heteroatoms. The summed E-state index contributed by atoms with van der Waals surface area (Å²) in [4.78, 5) is 2.35. The smallest absolute Gasteiger partial charge is 0.159 e. The van der Waals surface area contributed by atoms with Crippen molar-refractivity contribution >= 4 is 93.5 Å². The number of rotatable bonds is 4. The highest BCUT2D eigenvalue weighted by molar-refractivity contribution is 6.23. The van der Waals surface area contributed by atoms with Crippen LogP contribution in [0.2, 0.25) is 0 Å². The van der Waals surface area contributed by atoms with Crippen LogP contribution < -0.4 is 4.90 Å². The van der Waals surface area contributed by atoms with Gasteiger partial charge < -0.3 is 18.3 Å². The highest BCUT2D eigenvalue weighted by atomic mass is 16.3. The standard InChI is InChI=1S/C46H28N2O2/c1-2-13-29(14-3-1)47-38-21-9-6-16-32(38)37-27-30(25-26-39(37)47)48(40-22-12-20-35-33-17-7-10-23-42(33)50-46(35)40)41-28-44-45(34-18-5-4-15-31(34)41)36-19-8-11-24-43(36)49-44/h1-28H. The molecule has 0 saturated heterocycles. The molecule has 4 nitrogen and oxygen atoms in total. The van der Waals surface area contributed by atoms with E-state index in [4.69, 9.17) is 8.83 Å². The fourth-order valence-electron chi connectivity index (χ4n) is 8.03. The van der Waals surface area contributed by atoms with Gasteiger partial charge in [-0.25, -0.2) is 0 Å². The normalized spacial score (nSPS) is 12.0. The summed E-state index contributed by atoms with van der Waals surface area (Å²) in [7, 11) is 0. The number of anilines is 3. The van der Waals surface area contributed by atoms with Crippen molar-refractivity contribution in [3.8, 4) is 5.69 Å². The van der Waals surface area contributed by atoms with Crippen LogP contribution in [0.1, 0.15) is 0 Å². The molecular weight excluding hydrogens is 613 g/mol. The third-order valence-corrected chi connectivity index (χ3v) is 10.2. The lowest BCUT2D eigenvalue weighted by Crippen LogP contribution is -2.11. The molecule has 0 aliphatic heterocycles. The van der Waals surface area contributed by atoms with Crippen LogP contribution in [0.4, 0.5) is 17.1 Å². The lowest BCUT2D eigenvalue weighted by Gasteiger charge is -2.27. The molecule has 0 bridgehead atoms. The van der Waals surface area contributed by atoms with E-state index in [1.54, 1.807) is 0 Å². The van der Waals surface area contributed by atoms with Gasteiger partial charge in [-0.1, -0.05) is 109 Å². The van der Waals surface area contributed by atoms with Gasteiger partial charge in [-0.2, -0.15) is 0 Å². The van der Waals surface area contributed by atoms with Gasteiger partial charge in [0.25, 0.3) is 0 Å². The van der Waals surface area contributed by atoms with Crippen LogP contribution in [0.3, 0.4) is 0 Å². The maximum atomic E-state index is 6.71. The van der Waals surface area contributed by atoms with Gasteiger partial charge in [-0.3, -0.25) is 0 Å². The SMILES string of the molecule is c1ccc(-n2c3ccccc3c3cc(N(c4cc5oc6ccccc6c5c5ccccc45)c4cccc5c4oc4ccccc45)ccc32)cc1. The second kappa shape index (κ2) is 10.4. The van der Waals surface area contributed by atoms with Crippen molar-refractivity contribution in [3.63, 3.8) is 0 Å². The topological polar surface area (TPSA) is 34.5 Å². The molecule has 0 N–H and O–H groups in total. The molecule has 8 aromatic carbocycles. The Kier molecular flexibility index (Phi) is 5.63. The minimum atomic E-state index is 0.842. The van der Waals surface area contributed by atoms with Crippen molar-refractivity contribution in [2.24, 2.45) is 0 Å². The van der Waals surface area contributed by atoms with Gasteiger partial charge in [-0.05, 0) is 60.0 Å². The average molecular weight is 641 g/mol. The predicted molar refractivity (Wildman–Crippen MR) is 208 cm³/mol. The van der Waals surface area contributed by atoms with Gasteiger partial charge >= 0.3 is 0 Å². The van der Waals surface area contributed by atoms with Gasteiger partial charge in [0.05, 0.1) is 22.4 Å². The Morgan fingerprint density at radius 1 is 0.380 bits per heavy atom. The summed E-state index contributed by atoms with van der Waals surface area (Å²) in [6.45, 7) is 0. The Bertz CT molecular complexity index is 3110. The maximum absolute atomic E-state index is 6.71. The van der Waals surface area contributed by atoms with Gasteiger partial charge in [0.15, 0.2) is 5.58 Å². The van der Waals surface area contributed by atoms with Crippen molar-refractivity contribution in [3.05, 3.63) is 170 Å². The molecule has 3 heterocycles. The largest absolute Gasteiger partial charge is 0.456 e. The van der Waals surface area contributed by atoms with E-state index >= 15 is 0 Å². The van der Waals surface area contributed by atoms with Crippen LogP contribution in [0.25, 0.3) is 82.1 Å². The van der Waals surface area contributed by atoms with Crippen molar-refractivity contribution in [1.29, 1.82) is 0 Å². The van der Waals surface area contributed by atoms with Gasteiger partial charge in [0, 0.05) is 55.1 Å². The number of furan rings is 2. The van der Waals surface area contributed by atoms with E-state index in [9.17, 15) is 0 Å². The summed E-state index contributed by atoms with van der Waals surface area (Å²) in [6, 6.07) is 60.0. The number of para-hydroxylation sites is 5. The predicted octanol–water partition coefficient (Wildman–Crippen LogP) is 13.2. The zero-order valence-electron chi connectivity index (χ0n) is 26.9. The van der Waals surface area contributed by atoms with E-state index < -0.39 is 0 Å². The molecule has 0 fully saturated rings. The molecule has 11 aromatic rings. The monoisotopic (exact) mass is 640 g/mol. The van der Waals surface area contributed by atoms with Gasteiger partial charge in [-0.15, -0.1) is 0 Å². The summed E-state index contributed by atoms with van der Waals surface area (Å²) in [6.07, 6.45) is 0. The van der Waals surface area contributed by atoms with Crippen molar-refractivity contribution < 1.29 is 8.83 Å². The van der Waals surface area contributed by atoms with Crippen molar-refractivity contribution in [2.45, 2.75) is 0 Å². The molecule has 0 spiro atoms. The lowest BCUT2D eigenvalue weighted by atomic mass is 10.0. The Morgan fingerprint density at radius 3 is 1.86 bits per heavy atom. The van der Waals surface area contributed by atoms with Crippen LogP contribution in [0, 0.1) is 0 Å². The first-order valence-electron chi connectivity index (χ1n) is 16.9. The molecule has 234 valence electrons. The van der Waals surface area contributed by atoms with Crippen LogP contribution in [0.15, 0.2) is 179 Å². The maximum Gasteiger partial charge on any atom is 0.159 e. The molecule has 0 aliphatic rings. The van der Waals surface area contributed by atoms with Crippen molar-refractivity contribution in [1.82, 2.24) is 4.57 Å². The molecule has 0 aliphatic carbocycles. The molecular formula is C46H28N2O2. The first-order valence-corrected chi connectivity index (χ1v) is 16.9. The van der Waals surface area contributed by atoms with E-state index in [1.165, 1.54) is 16.3 Å². The number of benzene rings is 8. The summed E-state index contributed by atoms with van der Waals surface area (Å²) in [5, 5.41) is 9.09. The zero-order valence-corrected chi connectivity index (χ0v) is 26.9. The van der Waals surface area contributed by atoms with Gasteiger partial charge in [0.2, 0.25) is 0 Å². The zero-order chi connectivity index (χ0) is 32.8. The minimum absolute atomic E-state index is 0.842. The Balaban J connectivity index is 1.26. The van der Waals surface area contributed by atoms with Crippen LogP contribution in [-0.4, -0.2) is 4.57 Å². The van der Waals surface area contributed by atoms with E-state index in [1.807, 2.05) is 24.3 Å². The number of aromatic nitrogens is 1. The Morgan fingerprint density at radius 2 is 1.02 bits per heavy atom. The second-order valence-electron chi connectivity index (χ2n) is 12.9. The molecule has 11 rings (SSSR count). The second-order valence-corrected chi connectivity index (χ2v) is 12.9.